The molecule has 21 heavy (non-hydrogen) atoms. The molecule has 0 heterocycles. The first-order valence-electron chi connectivity index (χ1n) is 5.88. The molecule has 9 heteroatoms. The number of ketones is 1. The summed E-state index contributed by atoms with van der Waals surface area (Å²) in [5.41, 5.74) is -2.13. The fourth-order valence-corrected chi connectivity index (χ4v) is 1.64. The third-order valence-corrected chi connectivity index (χ3v) is 2.36. The molecule has 1 rings (SSSR count). The molecule has 0 aliphatic heterocycles. The standard InChI is InChI=1S/C12H12N2O7/c1-7(2)21-11(16)6-10(15)12-8(13(17)18)4-3-5-9(12)14(19)20/h3-5,7H,6H2,1-2H3. The lowest BCUT2D eigenvalue weighted by Crippen LogP contribution is -2.17. The van der Waals surface area contributed by atoms with Crippen LogP contribution in [0.1, 0.15) is 30.6 Å². The summed E-state index contributed by atoms with van der Waals surface area (Å²) in [6.07, 6.45) is -1.27. The molecule has 0 aromatic heterocycles. The average molecular weight is 296 g/mol. The van der Waals surface area contributed by atoms with Crippen LogP contribution in [0.25, 0.3) is 0 Å². The summed E-state index contributed by atoms with van der Waals surface area (Å²) in [6, 6.07) is 3.03. The lowest BCUT2D eigenvalue weighted by molar-refractivity contribution is -0.394. The number of ether oxygens (including phenoxy) is 1. The van der Waals surface area contributed by atoms with Crippen molar-refractivity contribution >= 4 is 23.1 Å². The zero-order valence-electron chi connectivity index (χ0n) is 11.3. The number of nitro benzene ring substituents is 2. The number of nitrogens with zero attached hydrogens (tertiary/aromatic N) is 2. The summed E-state index contributed by atoms with van der Waals surface area (Å²) in [6.45, 7) is 3.13. The predicted octanol–water partition coefficient (Wildman–Crippen LogP) is 2.03. The van der Waals surface area contributed by atoms with E-state index in [9.17, 15) is 29.8 Å². The number of carbonyl (C=O) groups is 2. The van der Waals surface area contributed by atoms with Crippen LogP contribution in [0.4, 0.5) is 11.4 Å². The van der Waals surface area contributed by atoms with Gasteiger partial charge in [0.15, 0.2) is 11.3 Å². The summed E-state index contributed by atoms with van der Waals surface area (Å²) in [5, 5.41) is 21.8. The Bertz CT molecular complexity index is 577. The molecule has 112 valence electrons. The number of benzene rings is 1. The van der Waals surface area contributed by atoms with Crippen LogP contribution in [0.15, 0.2) is 18.2 Å². The molecule has 0 bridgehead atoms. The molecule has 1 aromatic rings. The van der Waals surface area contributed by atoms with Gasteiger partial charge in [0.25, 0.3) is 11.4 Å². The van der Waals surface area contributed by atoms with Crippen molar-refractivity contribution in [1.29, 1.82) is 0 Å². The lowest BCUT2D eigenvalue weighted by atomic mass is 10.0. The van der Waals surface area contributed by atoms with Gasteiger partial charge in [-0.3, -0.25) is 29.8 Å². The number of Topliss-reactive ketones (excluding diaryl/α,β-unsaturated/α-hetero) is 1. The third-order valence-electron chi connectivity index (χ3n) is 2.36. The molecular weight excluding hydrogens is 284 g/mol. The van der Waals surface area contributed by atoms with Crippen molar-refractivity contribution in [2.75, 3.05) is 0 Å². The van der Waals surface area contributed by atoms with E-state index in [1.54, 1.807) is 13.8 Å². The van der Waals surface area contributed by atoms with E-state index in [1.807, 2.05) is 0 Å². The summed E-state index contributed by atoms with van der Waals surface area (Å²) >= 11 is 0. The van der Waals surface area contributed by atoms with E-state index in [1.165, 1.54) is 0 Å². The van der Waals surface area contributed by atoms with Crippen LogP contribution in [-0.2, 0) is 9.53 Å². The smallest absolute Gasteiger partial charge is 0.313 e. The van der Waals surface area contributed by atoms with E-state index in [0.717, 1.165) is 18.2 Å². The average Bonchev–Trinajstić information content (AvgIpc) is 2.36. The normalized spacial score (nSPS) is 10.2. The number of esters is 1. The fourth-order valence-electron chi connectivity index (χ4n) is 1.64. The van der Waals surface area contributed by atoms with Crippen molar-refractivity contribution in [3.05, 3.63) is 44.0 Å². The Labute approximate surface area is 118 Å². The Balaban J connectivity index is 3.21. The van der Waals surface area contributed by atoms with Crippen LogP contribution >= 0.6 is 0 Å². The Kier molecular flexibility index (Phi) is 5.06. The first kappa shape index (κ1) is 16.2. The number of rotatable bonds is 6. The highest BCUT2D eigenvalue weighted by atomic mass is 16.6. The van der Waals surface area contributed by atoms with Crippen LogP contribution in [0.3, 0.4) is 0 Å². The van der Waals surface area contributed by atoms with Gasteiger partial charge in [0.2, 0.25) is 0 Å². The van der Waals surface area contributed by atoms with Gasteiger partial charge in [0.1, 0.15) is 6.42 Å². The molecule has 0 saturated heterocycles. The fraction of sp³-hybridized carbons (Fsp3) is 0.333. The maximum absolute atomic E-state index is 12.0. The minimum absolute atomic E-state index is 0.467. The highest BCUT2D eigenvalue weighted by Crippen LogP contribution is 2.29. The minimum Gasteiger partial charge on any atom is -0.463 e. The summed E-state index contributed by atoms with van der Waals surface area (Å²) in [4.78, 5) is 43.3. The van der Waals surface area contributed by atoms with Crippen molar-refractivity contribution in [2.24, 2.45) is 0 Å². The zero-order valence-corrected chi connectivity index (χ0v) is 11.3. The second-order valence-corrected chi connectivity index (χ2v) is 4.32. The van der Waals surface area contributed by atoms with Gasteiger partial charge in [-0.25, -0.2) is 0 Å². The molecule has 0 radical (unpaired) electrons. The number of hydrogen-bond donors (Lipinski definition) is 0. The highest BCUT2D eigenvalue weighted by molar-refractivity contribution is 6.10. The monoisotopic (exact) mass is 296 g/mol. The van der Waals surface area contributed by atoms with E-state index in [-0.39, 0.29) is 0 Å². The second kappa shape index (κ2) is 6.55. The molecule has 0 amide bonds. The van der Waals surface area contributed by atoms with Gasteiger partial charge in [-0.15, -0.1) is 0 Å². The molecule has 0 fully saturated rings. The van der Waals surface area contributed by atoms with Gasteiger partial charge >= 0.3 is 5.97 Å². The van der Waals surface area contributed by atoms with Crippen molar-refractivity contribution < 1.29 is 24.2 Å². The topological polar surface area (TPSA) is 130 Å². The highest BCUT2D eigenvalue weighted by Gasteiger charge is 2.31. The van der Waals surface area contributed by atoms with Crippen molar-refractivity contribution in [1.82, 2.24) is 0 Å². The van der Waals surface area contributed by atoms with Crippen LogP contribution in [0.5, 0.6) is 0 Å². The molecule has 9 nitrogen and oxygen atoms in total. The van der Waals surface area contributed by atoms with E-state index < -0.39 is 51.1 Å². The van der Waals surface area contributed by atoms with E-state index >= 15 is 0 Å². The lowest BCUT2D eigenvalue weighted by Gasteiger charge is -2.07. The molecule has 0 aliphatic carbocycles. The second-order valence-electron chi connectivity index (χ2n) is 4.32. The van der Waals surface area contributed by atoms with Gasteiger partial charge in [-0.2, -0.15) is 0 Å². The van der Waals surface area contributed by atoms with Gasteiger partial charge in [-0.1, -0.05) is 0 Å². The Hall–Kier alpha value is -2.84. The largest absolute Gasteiger partial charge is 0.463 e. The number of hydrogen-bond acceptors (Lipinski definition) is 7. The first-order valence-corrected chi connectivity index (χ1v) is 5.88. The van der Waals surface area contributed by atoms with E-state index in [2.05, 4.69) is 0 Å². The molecule has 0 atom stereocenters. The van der Waals surface area contributed by atoms with E-state index in [4.69, 9.17) is 4.74 Å². The maximum atomic E-state index is 12.0. The number of nitro groups is 2. The quantitative estimate of drug-likeness (QED) is 0.258. The Morgan fingerprint density at radius 3 is 2.00 bits per heavy atom. The van der Waals surface area contributed by atoms with Gasteiger partial charge in [0, 0.05) is 12.1 Å². The van der Waals surface area contributed by atoms with Crippen LogP contribution in [-0.4, -0.2) is 27.7 Å². The maximum Gasteiger partial charge on any atom is 0.313 e. The molecular formula is C12H12N2O7. The van der Waals surface area contributed by atoms with Crippen molar-refractivity contribution in [3.63, 3.8) is 0 Å². The molecule has 0 N–H and O–H groups in total. The molecule has 0 aliphatic rings. The van der Waals surface area contributed by atoms with Crippen LogP contribution in [0.2, 0.25) is 0 Å². The molecule has 1 aromatic carbocycles. The molecule has 0 saturated carbocycles. The summed E-state index contributed by atoms with van der Waals surface area (Å²) in [7, 11) is 0. The SMILES string of the molecule is CC(C)OC(=O)CC(=O)c1c([N+](=O)[O-])cccc1[N+](=O)[O-]. The van der Waals surface area contributed by atoms with Crippen LogP contribution < -0.4 is 0 Å². The third kappa shape index (κ3) is 4.06. The van der Waals surface area contributed by atoms with E-state index in [0.29, 0.717) is 0 Å². The van der Waals surface area contributed by atoms with Crippen LogP contribution in [0, 0.1) is 20.2 Å². The first-order chi connectivity index (χ1) is 9.73. The van der Waals surface area contributed by atoms with Crippen molar-refractivity contribution in [3.8, 4) is 0 Å². The Morgan fingerprint density at radius 1 is 1.14 bits per heavy atom. The molecule has 0 spiro atoms. The molecule has 0 unspecified atom stereocenters. The van der Waals surface area contributed by atoms with Gasteiger partial charge in [0.05, 0.1) is 16.0 Å². The minimum atomic E-state index is -1.03. The van der Waals surface area contributed by atoms with Crippen molar-refractivity contribution in [2.45, 2.75) is 26.4 Å². The summed E-state index contributed by atoms with van der Waals surface area (Å²) in [5.74, 6) is -1.93. The summed E-state index contributed by atoms with van der Waals surface area (Å²) < 4.78 is 4.74. The predicted molar refractivity (Wildman–Crippen MR) is 69.9 cm³/mol. The van der Waals surface area contributed by atoms with Gasteiger partial charge < -0.3 is 4.74 Å². The Morgan fingerprint density at radius 2 is 1.62 bits per heavy atom. The van der Waals surface area contributed by atoms with Gasteiger partial charge in [-0.05, 0) is 19.9 Å². The number of carbonyl (C=O) groups excluding carboxylic acids is 2. The zero-order chi connectivity index (χ0) is 16.2.